The number of nitrogens with one attached hydrogen (secondary N) is 1. The van der Waals surface area contributed by atoms with Crippen LogP contribution in [0.1, 0.15) is 94.9 Å². The third-order valence-corrected chi connectivity index (χ3v) is 11.7. The number of carbonyl (C=O) groups excluding carboxylic acids is 1. The van der Waals surface area contributed by atoms with Gasteiger partial charge in [0.2, 0.25) is 0 Å². The highest BCUT2D eigenvalue weighted by molar-refractivity contribution is 5.73. The van der Waals surface area contributed by atoms with E-state index >= 15 is 0 Å². The Morgan fingerprint density at radius 1 is 0.941 bits per heavy atom. The highest BCUT2D eigenvalue weighted by Gasteiger charge is 2.52. The summed E-state index contributed by atoms with van der Waals surface area (Å²) in [6.45, 7) is 17.8. The van der Waals surface area contributed by atoms with E-state index in [0.29, 0.717) is 13.0 Å². The van der Waals surface area contributed by atoms with Gasteiger partial charge in [-0.2, -0.15) is 0 Å². The number of methoxy groups -OCH3 is 1. The topological polar surface area (TPSA) is 189 Å². The summed E-state index contributed by atoms with van der Waals surface area (Å²) in [4.78, 5) is 16.1. The molecule has 14 heteroatoms. The van der Waals surface area contributed by atoms with Gasteiger partial charge >= 0.3 is 5.97 Å². The average Bonchev–Trinajstić information content (AvgIpc) is 3.05. The van der Waals surface area contributed by atoms with Gasteiger partial charge in [0, 0.05) is 31.5 Å². The van der Waals surface area contributed by atoms with E-state index < -0.39 is 96.0 Å². The minimum Gasteiger partial charge on any atom is -0.459 e. The van der Waals surface area contributed by atoms with Crippen LogP contribution in [0.25, 0.3) is 0 Å². The fourth-order valence-corrected chi connectivity index (χ4v) is 8.36. The zero-order valence-electron chi connectivity index (χ0n) is 33.2. The third-order valence-electron chi connectivity index (χ3n) is 11.7. The number of hydrogen-bond donors (Lipinski definition) is 6. The Morgan fingerprint density at radius 2 is 1.57 bits per heavy atom. The summed E-state index contributed by atoms with van der Waals surface area (Å²) in [5.41, 5.74) is -4.37. The first-order valence-corrected chi connectivity index (χ1v) is 18.8. The van der Waals surface area contributed by atoms with E-state index in [4.69, 9.17) is 28.4 Å². The lowest BCUT2D eigenvalue weighted by Gasteiger charge is -2.48. The number of esters is 1. The van der Waals surface area contributed by atoms with Crippen LogP contribution in [-0.2, 0) is 33.2 Å². The van der Waals surface area contributed by atoms with Crippen LogP contribution >= 0.6 is 0 Å². The van der Waals surface area contributed by atoms with Crippen molar-refractivity contribution in [2.45, 2.75) is 185 Å². The Hall–Kier alpha value is -1.01. The molecule has 0 aromatic carbocycles. The Kier molecular flexibility index (Phi) is 15.3. The molecule has 0 aromatic rings. The van der Waals surface area contributed by atoms with Crippen molar-refractivity contribution in [1.29, 1.82) is 0 Å². The second-order valence-corrected chi connectivity index (χ2v) is 16.7. The van der Waals surface area contributed by atoms with E-state index in [1.54, 1.807) is 41.5 Å². The molecule has 3 rings (SSSR count). The number of rotatable bonds is 7. The van der Waals surface area contributed by atoms with Crippen LogP contribution in [0.3, 0.4) is 0 Å². The maximum atomic E-state index is 14.1. The van der Waals surface area contributed by atoms with E-state index in [-0.39, 0.29) is 37.3 Å². The maximum Gasteiger partial charge on any atom is 0.311 e. The second-order valence-electron chi connectivity index (χ2n) is 16.7. The van der Waals surface area contributed by atoms with Crippen molar-refractivity contribution < 1.29 is 58.7 Å². The molecule has 0 amide bonds. The van der Waals surface area contributed by atoms with Gasteiger partial charge in [0.05, 0.1) is 41.5 Å². The molecule has 18 atom stereocenters. The first kappa shape index (κ1) is 44.4. The Morgan fingerprint density at radius 3 is 2.14 bits per heavy atom. The van der Waals surface area contributed by atoms with Crippen LogP contribution in [0.4, 0.5) is 0 Å². The monoisotopic (exact) mass is 734 g/mol. The van der Waals surface area contributed by atoms with Crippen LogP contribution in [0.5, 0.6) is 0 Å². The van der Waals surface area contributed by atoms with E-state index in [1.807, 2.05) is 39.8 Å². The van der Waals surface area contributed by atoms with Gasteiger partial charge in [0.1, 0.15) is 30.0 Å². The fraction of sp³-hybridized carbons (Fsp3) is 0.973. The van der Waals surface area contributed by atoms with Crippen LogP contribution in [0.2, 0.25) is 0 Å². The molecular weight excluding hydrogens is 664 g/mol. The summed E-state index contributed by atoms with van der Waals surface area (Å²) >= 11 is 0. The van der Waals surface area contributed by atoms with Gasteiger partial charge in [-0.25, -0.2) is 0 Å². The van der Waals surface area contributed by atoms with Crippen molar-refractivity contribution in [3.63, 3.8) is 0 Å². The molecule has 0 aromatic heterocycles. The second kappa shape index (κ2) is 17.6. The molecule has 14 nitrogen and oxygen atoms in total. The predicted octanol–water partition coefficient (Wildman–Crippen LogP) is 1.56. The number of aliphatic hydroxyl groups excluding tert-OH is 3. The first-order chi connectivity index (χ1) is 23.5. The van der Waals surface area contributed by atoms with Gasteiger partial charge in [0.15, 0.2) is 12.6 Å². The average molecular weight is 735 g/mol. The largest absolute Gasteiger partial charge is 0.459 e. The molecule has 51 heavy (non-hydrogen) atoms. The Bertz CT molecular complexity index is 1110. The van der Waals surface area contributed by atoms with Crippen molar-refractivity contribution in [2.24, 2.45) is 17.8 Å². The zero-order valence-corrected chi connectivity index (χ0v) is 33.2. The Balaban J connectivity index is 2.15. The lowest BCUT2D eigenvalue weighted by Crippen LogP contribution is -2.60. The van der Waals surface area contributed by atoms with Crippen molar-refractivity contribution in [1.82, 2.24) is 10.2 Å². The smallest absolute Gasteiger partial charge is 0.311 e. The van der Waals surface area contributed by atoms with Gasteiger partial charge in [0.25, 0.3) is 0 Å². The normalized spacial score (nSPS) is 49.9. The van der Waals surface area contributed by atoms with Gasteiger partial charge in [-0.05, 0) is 94.3 Å². The first-order valence-electron chi connectivity index (χ1n) is 18.8. The van der Waals surface area contributed by atoms with Gasteiger partial charge in [-0.15, -0.1) is 0 Å². The van der Waals surface area contributed by atoms with Crippen molar-refractivity contribution >= 4 is 5.97 Å². The number of hydrogen-bond acceptors (Lipinski definition) is 14. The SMILES string of the molecule is CC[C@H]1OC(=O)[C@H](C)[C@@H](O[C@@H]2C[C@](C)(OC)[C@H](O)[C@@H](C)O2)[C@H](C)[C@@H](O[C@@H]2O[C@H](C)C[C@H](N(C)C)[C@H]2O)[C@](C)(O)C[C@@H](C)CN[C@H](C)[C@@H](O)[C@]1(C)O. The molecule has 3 fully saturated rings. The number of aliphatic hydroxyl groups is 5. The summed E-state index contributed by atoms with van der Waals surface area (Å²) in [7, 11) is 5.27. The van der Waals surface area contributed by atoms with Gasteiger partial charge < -0.3 is 64.2 Å². The predicted molar refractivity (Wildman–Crippen MR) is 190 cm³/mol. The van der Waals surface area contributed by atoms with Crippen molar-refractivity contribution in [3.05, 3.63) is 0 Å². The molecule has 0 aliphatic carbocycles. The lowest BCUT2D eigenvalue weighted by molar-refractivity contribution is -0.318. The van der Waals surface area contributed by atoms with Crippen molar-refractivity contribution in [2.75, 3.05) is 27.7 Å². The van der Waals surface area contributed by atoms with Crippen LogP contribution in [0, 0.1) is 17.8 Å². The number of carbonyl (C=O) groups is 1. The maximum absolute atomic E-state index is 14.1. The molecule has 0 spiro atoms. The lowest BCUT2D eigenvalue weighted by atomic mass is 9.77. The van der Waals surface area contributed by atoms with E-state index in [9.17, 15) is 30.3 Å². The van der Waals surface area contributed by atoms with Gasteiger partial charge in [-0.3, -0.25) is 4.79 Å². The summed E-state index contributed by atoms with van der Waals surface area (Å²) in [6, 6.07) is -0.858. The van der Waals surface area contributed by atoms with Crippen LogP contribution in [-0.4, -0.2) is 154 Å². The minimum absolute atomic E-state index is 0.132. The fourth-order valence-electron chi connectivity index (χ4n) is 8.36. The molecule has 0 saturated carbocycles. The molecule has 0 unspecified atom stereocenters. The minimum atomic E-state index is -1.80. The summed E-state index contributed by atoms with van der Waals surface area (Å²) in [5.74, 6) is -2.60. The number of nitrogens with zero attached hydrogens (tertiary/aromatic N) is 1. The molecule has 0 bridgehead atoms. The number of likely N-dealkylation sites (N-methyl/N-ethyl adjacent to an activating group) is 1. The molecule has 3 aliphatic heterocycles. The molecule has 3 saturated heterocycles. The van der Waals surface area contributed by atoms with E-state index in [1.165, 1.54) is 14.0 Å². The molecule has 3 aliphatic rings. The summed E-state index contributed by atoms with van der Waals surface area (Å²) in [6.07, 6.45) is -8.22. The summed E-state index contributed by atoms with van der Waals surface area (Å²) < 4.78 is 37.4. The molecule has 3 heterocycles. The highest BCUT2D eigenvalue weighted by Crippen LogP contribution is 2.40. The third kappa shape index (κ3) is 10.2. The quantitative estimate of drug-likeness (QED) is 0.207. The van der Waals surface area contributed by atoms with E-state index in [2.05, 4.69) is 5.32 Å². The Labute approximate surface area is 305 Å². The zero-order chi connectivity index (χ0) is 38.8. The van der Waals surface area contributed by atoms with Crippen molar-refractivity contribution in [3.8, 4) is 0 Å². The molecular formula is C37H70N2O12. The van der Waals surface area contributed by atoms with Gasteiger partial charge in [-0.1, -0.05) is 20.8 Å². The van der Waals surface area contributed by atoms with Crippen LogP contribution < -0.4 is 5.32 Å². The summed E-state index contributed by atoms with van der Waals surface area (Å²) in [5, 5.41) is 60.9. The number of ether oxygens (including phenoxy) is 6. The van der Waals surface area contributed by atoms with E-state index in [0.717, 1.165) is 0 Å². The van der Waals surface area contributed by atoms with Crippen LogP contribution in [0.15, 0.2) is 0 Å². The molecule has 0 radical (unpaired) electrons. The highest BCUT2D eigenvalue weighted by atomic mass is 16.7. The number of cyclic esters (lactones) is 1. The molecule has 6 N–H and O–H groups in total. The molecule has 300 valence electrons. The standard InChI is InChI=1S/C37H70N2O12/c1-14-26-37(10,45)30(41)23(6)38-18-19(2)16-35(8,44)32(51-34-28(40)25(39(11)12)15-20(3)47-34)21(4)29(22(5)33(43)49-26)50-27-17-36(9,46-13)31(42)24(7)48-27/h19-32,34,38,40-42,44-45H,14-18H2,1-13H3/t19-,20-,21+,22-,23-,24-,25+,26-,27-,28-,29+,30-,31-,32-,34+,35-,36+,37-/m1/s1.